The number of hydrogen-bond acceptors (Lipinski definition) is 5. The fourth-order valence-electron chi connectivity index (χ4n) is 4.59. The molecule has 2 aromatic carbocycles. The molecule has 186 valence electrons. The predicted octanol–water partition coefficient (Wildman–Crippen LogP) is 4.16. The maximum absolute atomic E-state index is 13.6. The molecule has 1 aliphatic heterocycles. The van der Waals surface area contributed by atoms with Gasteiger partial charge in [-0.3, -0.25) is 4.79 Å². The van der Waals surface area contributed by atoms with E-state index >= 15 is 0 Å². The van der Waals surface area contributed by atoms with Crippen molar-refractivity contribution in [2.24, 2.45) is 0 Å². The average Bonchev–Trinajstić information content (AvgIpc) is 3.22. The molecule has 0 radical (unpaired) electrons. The second kappa shape index (κ2) is 9.67. The van der Waals surface area contributed by atoms with Gasteiger partial charge in [-0.05, 0) is 48.2 Å². The van der Waals surface area contributed by atoms with Crippen LogP contribution in [-0.2, 0) is 25.5 Å². The Morgan fingerprint density at radius 3 is 2.33 bits per heavy atom. The lowest BCUT2D eigenvalue weighted by Gasteiger charge is -2.40. The van der Waals surface area contributed by atoms with Gasteiger partial charge in [0.15, 0.2) is 0 Å². The monoisotopic (exact) mass is 502 g/mol. The summed E-state index contributed by atoms with van der Waals surface area (Å²) in [6.45, 7) is 8.19. The summed E-state index contributed by atoms with van der Waals surface area (Å²) in [6.07, 6.45) is 0.308. The molecule has 0 unspecified atom stereocenters. The lowest BCUT2D eigenvalue weighted by atomic mass is 9.87. The van der Waals surface area contributed by atoms with E-state index in [1.807, 2.05) is 19.1 Å². The summed E-state index contributed by atoms with van der Waals surface area (Å²) >= 11 is 0. The molecular weight excluding hydrogens is 472 g/mol. The molecule has 1 amide bonds. The van der Waals surface area contributed by atoms with Crippen LogP contribution in [0.2, 0.25) is 19.6 Å². The molecule has 4 rings (SSSR count). The van der Waals surface area contributed by atoms with E-state index in [9.17, 15) is 14.4 Å². The molecule has 0 saturated heterocycles. The molecule has 0 fully saturated rings. The lowest BCUT2D eigenvalue weighted by molar-refractivity contribution is -0.153. The molecule has 2 atom stereocenters. The average molecular weight is 503 g/mol. The Hall–Kier alpha value is -3.83. The number of nitrogens with zero attached hydrogens (tertiary/aromatic N) is 1. The van der Waals surface area contributed by atoms with Crippen LogP contribution in [0.4, 0.5) is 0 Å². The number of H-pyrrole nitrogens is 1. The highest BCUT2D eigenvalue weighted by Gasteiger charge is 2.44. The normalized spacial score (nSPS) is 17.1. The summed E-state index contributed by atoms with van der Waals surface area (Å²) in [5, 5.41) is 1.01. The van der Waals surface area contributed by atoms with E-state index < -0.39 is 38.0 Å². The number of nitrogens with one attached hydrogen (secondary N) is 1. The molecule has 0 saturated carbocycles. The third kappa shape index (κ3) is 4.79. The number of carbonyl (C=O) groups excluding carboxylic acids is 3. The van der Waals surface area contributed by atoms with Crippen LogP contribution in [0.25, 0.3) is 10.9 Å². The topological polar surface area (TPSA) is 88.7 Å². The molecule has 8 heteroatoms. The highest BCUT2D eigenvalue weighted by atomic mass is 28.3. The number of aromatic amines is 1. The quantitative estimate of drug-likeness (QED) is 0.330. The first kappa shape index (κ1) is 25.3. The van der Waals surface area contributed by atoms with Crippen LogP contribution >= 0.6 is 0 Å². The van der Waals surface area contributed by atoms with Gasteiger partial charge < -0.3 is 19.4 Å². The Bertz CT molecular complexity index is 1410. The molecule has 0 bridgehead atoms. The zero-order valence-electron chi connectivity index (χ0n) is 21.4. The smallest absolute Gasteiger partial charge is 0.337 e. The number of aryl methyl sites for hydroxylation is 1. The number of amides is 1. The second-order valence-corrected chi connectivity index (χ2v) is 14.8. The predicted molar refractivity (Wildman–Crippen MR) is 140 cm³/mol. The summed E-state index contributed by atoms with van der Waals surface area (Å²) in [6, 6.07) is 11.5. The minimum absolute atomic E-state index is 0.308. The minimum Gasteiger partial charge on any atom is -0.467 e. The van der Waals surface area contributed by atoms with Crippen molar-refractivity contribution in [3.05, 3.63) is 70.4 Å². The van der Waals surface area contributed by atoms with Crippen molar-refractivity contribution >= 4 is 36.8 Å². The molecule has 1 aromatic heterocycles. The van der Waals surface area contributed by atoms with E-state index in [1.165, 1.54) is 19.1 Å². The molecule has 0 aliphatic carbocycles. The van der Waals surface area contributed by atoms with Crippen molar-refractivity contribution in [1.82, 2.24) is 9.88 Å². The molecule has 0 spiro atoms. The van der Waals surface area contributed by atoms with E-state index in [-0.39, 0.29) is 0 Å². The third-order valence-electron chi connectivity index (χ3n) is 6.28. The third-order valence-corrected chi connectivity index (χ3v) is 7.15. The van der Waals surface area contributed by atoms with Crippen LogP contribution in [0.1, 0.15) is 38.8 Å². The maximum Gasteiger partial charge on any atom is 0.337 e. The summed E-state index contributed by atoms with van der Waals surface area (Å²) in [7, 11) is 0.800. The van der Waals surface area contributed by atoms with Crippen molar-refractivity contribution in [1.29, 1.82) is 0 Å². The number of ether oxygens (including phenoxy) is 2. The number of fused-ring (bicyclic) bond motifs is 3. The Labute approximate surface area is 211 Å². The molecule has 36 heavy (non-hydrogen) atoms. The summed E-state index contributed by atoms with van der Waals surface area (Å²) in [4.78, 5) is 43.7. The van der Waals surface area contributed by atoms with Gasteiger partial charge in [-0.15, -0.1) is 5.54 Å². The van der Waals surface area contributed by atoms with Gasteiger partial charge in [-0.2, -0.15) is 0 Å². The zero-order valence-corrected chi connectivity index (χ0v) is 22.4. The first-order valence-electron chi connectivity index (χ1n) is 11.8. The number of methoxy groups -OCH3 is 2. The van der Waals surface area contributed by atoms with E-state index in [2.05, 4.69) is 42.2 Å². The molecular formula is C28H30N2O5Si. The Balaban J connectivity index is 1.95. The van der Waals surface area contributed by atoms with Crippen molar-refractivity contribution in [2.45, 2.75) is 45.1 Å². The largest absolute Gasteiger partial charge is 0.467 e. The van der Waals surface area contributed by atoms with Crippen LogP contribution in [0, 0.1) is 18.4 Å². The second-order valence-electron chi connectivity index (χ2n) is 10.0. The summed E-state index contributed by atoms with van der Waals surface area (Å²) in [5.74, 6) is 1.43. The highest BCUT2D eigenvalue weighted by Crippen LogP contribution is 2.41. The van der Waals surface area contributed by atoms with Gasteiger partial charge in [-0.25, -0.2) is 9.59 Å². The van der Waals surface area contributed by atoms with Crippen LogP contribution in [0.3, 0.4) is 0 Å². The van der Waals surface area contributed by atoms with Gasteiger partial charge in [0.2, 0.25) is 0 Å². The number of hydrogen-bond donors (Lipinski definition) is 1. The SMILES string of the molecule is COC(=O)c1ccc([C@@H]2c3[nH]c4ccc(C)cc4c3C[C@H](C(=O)OC)N2C(=O)C#C[Si](C)(C)C)cc1. The Morgan fingerprint density at radius 2 is 1.72 bits per heavy atom. The van der Waals surface area contributed by atoms with Crippen molar-refractivity contribution < 1.29 is 23.9 Å². The van der Waals surface area contributed by atoms with Crippen LogP contribution in [0.15, 0.2) is 42.5 Å². The maximum atomic E-state index is 13.6. The fraction of sp³-hybridized carbons (Fsp3) is 0.321. The lowest BCUT2D eigenvalue weighted by Crippen LogP contribution is -2.51. The molecule has 2 heterocycles. The van der Waals surface area contributed by atoms with Crippen LogP contribution < -0.4 is 0 Å². The Kier molecular flexibility index (Phi) is 6.78. The minimum atomic E-state index is -1.86. The van der Waals surface area contributed by atoms with Gasteiger partial charge in [0.05, 0.1) is 25.8 Å². The van der Waals surface area contributed by atoms with Gasteiger partial charge >= 0.3 is 11.9 Å². The van der Waals surface area contributed by atoms with Gasteiger partial charge in [0, 0.05) is 23.0 Å². The van der Waals surface area contributed by atoms with Crippen LogP contribution in [-0.4, -0.2) is 56.1 Å². The standard InChI is InChI=1S/C28H30N2O5Si/c1-17-7-12-22-20(15-17)21-16-23(28(33)35-3)30(24(31)13-14-36(4,5)6)26(25(21)29-22)18-8-10-19(11-9-18)27(32)34-2/h7-12,15,23,26,29H,16H2,1-6H3/t23-,26-/m1/s1. The fourth-order valence-corrected chi connectivity index (χ4v) is 5.07. The van der Waals surface area contributed by atoms with Gasteiger partial charge in [0.1, 0.15) is 14.1 Å². The Morgan fingerprint density at radius 1 is 1.03 bits per heavy atom. The van der Waals surface area contributed by atoms with E-state index in [1.54, 1.807) is 24.3 Å². The van der Waals surface area contributed by atoms with Gasteiger partial charge in [-0.1, -0.05) is 43.4 Å². The number of benzene rings is 2. The molecule has 1 aliphatic rings. The van der Waals surface area contributed by atoms with E-state index in [0.717, 1.165) is 33.3 Å². The van der Waals surface area contributed by atoms with Crippen molar-refractivity contribution in [3.63, 3.8) is 0 Å². The number of carbonyl (C=O) groups is 3. The molecule has 1 N–H and O–H groups in total. The van der Waals surface area contributed by atoms with E-state index in [4.69, 9.17) is 9.47 Å². The summed E-state index contributed by atoms with van der Waals surface area (Å²) < 4.78 is 9.98. The van der Waals surface area contributed by atoms with Crippen LogP contribution in [0.5, 0.6) is 0 Å². The van der Waals surface area contributed by atoms with Crippen molar-refractivity contribution in [3.8, 4) is 11.5 Å². The highest BCUT2D eigenvalue weighted by molar-refractivity contribution is 6.84. The molecule has 3 aromatic rings. The first-order chi connectivity index (χ1) is 17.0. The van der Waals surface area contributed by atoms with Crippen molar-refractivity contribution in [2.75, 3.05) is 14.2 Å². The summed E-state index contributed by atoms with van der Waals surface area (Å²) in [5.41, 5.74) is 8.07. The number of rotatable bonds is 3. The zero-order chi connectivity index (χ0) is 26.2. The number of aromatic nitrogens is 1. The first-order valence-corrected chi connectivity index (χ1v) is 15.3. The van der Waals surface area contributed by atoms with Gasteiger partial charge in [0.25, 0.3) is 5.91 Å². The number of esters is 2. The molecule has 7 nitrogen and oxygen atoms in total. The van der Waals surface area contributed by atoms with E-state index in [0.29, 0.717) is 12.0 Å².